The number of ether oxygens (including phenoxy) is 2. The van der Waals surface area contributed by atoms with Gasteiger partial charge in [-0.15, -0.1) is 0 Å². The van der Waals surface area contributed by atoms with E-state index in [1.807, 2.05) is 13.8 Å². The number of Topliss-reactive ketones (excluding diaryl/α,β-unsaturated/α-hetero) is 1. The van der Waals surface area contributed by atoms with Gasteiger partial charge in [0, 0.05) is 6.42 Å². The minimum absolute atomic E-state index is 0.140. The number of hydrogen-bond acceptors (Lipinski definition) is 5. The molecule has 0 N–H and O–H groups in total. The number of allylic oxidation sites excluding steroid dienone is 2. The molecule has 0 radical (unpaired) electrons. The van der Waals surface area contributed by atoms with E-state index in [4.69, 9.17) is 9.47 Å². The quantitative estimate of drug-likeness (QED) is 0.577. The summed E-state index contributed by atoms with van der Waals surface area (Å²) in [6.45, 7) is 7.76. The van der Waals surface area contributed by atoms with Crippen LogP contribution in [0.25, 0.3) is 0 Å². The Morgan fingerprint density at radius 1 is 1.05 bits per heavy atom. The Balaban J connectivity index is 2.47. The number of ketones is 1. The van der Waals surface area contributed by atoms with E-state index >= 15 is 0 Å². The molecular formula is C17H24O5. The van der Waals surface area contributed by atoms with Crippen molar-refractivity contribution in [1.29, 1.82) is 0 Å². The highest BCUT2D eigenvalue weighted by Crippen LogP contribution is 2.60. The van der Waals surface area contributed by atoms with E-state index in [2.05, 4.69) is 0 Å². The van der Waals surface area contributed by atoms with E-state index in [1.165, 1.54) is 0 Å². The zero-order chi connectivity index (χ0) is 16.5. The molecule has 0 heterocycles. The lowest BCUT2D eigenvalue weighted by molar-refractivity contribution is -0.172. The SMILES string of the molecule is CCOC(=O)C1(C(=O)OCC)CC2=C(CC)C(=O)CC2(C)C1. The second kappa shape index (κ2) is 5.86. The first-order valence-electron chi connectivity index (χ1n) is 7.94. The summed E-state index contributed by atoms with van der Waals surface area (Å²) in [5.74, 6) is -0.916. The molecule has 0 aromatic rings. The zero-order valence-electron chi connectivity index (χ0n) is 13.8. The highest BCUT2D eigenvalue weighted by atomic mass is 16.6. The fourth-order valence-electron chi connectivity index (χ4n) is 3.94. The van der Waals surface area contributed by atoms with Crippen molar-refractivity contribution in [3.63, 3.8) is 0 Å². The third-order valence-electron chi connectivity index (χ3n) is 4.84. The molecule has 0 aromatic heterocycles. The van der Waals surface area contributed by atoms with Gasteiger partial charge in [0.05, 0.1) is 13.2 Å². The Labute approximate surface area is 131 Å². The summed E-state index contributed by atoms with van der Waals surface area (Å²) in [5.41, 5.74) is -0.00167. The largest absolute Gasteiger partial charge is 0.465 e. The average Bonchev–Trinajstić information content (AvgIpc) is 2.86. The van der Waals surface area contributed by atoms with Crippen LogP contribution >= 0.6 is 0 Å². The van der Waals surface area contributed by atoms with E-state index in [0.29, 0.717) is 19.3 Å². The second-order valence-corrected chi connectivity index (χ2v) is 6.35. The van der Waals surface area contributed by atoms with Crippen LogP contribution in [-0.4, -0.2) is 30.9 Å². The van der Waals surface area contributed by atoms with Crippen LogP contribution in [0.3, 0.4) is 0 Å². The van der Waals surface area contributed by atoms with Crippen LogP contribution in [0.5, 0.6) is 0 Å². The van der Waals surface area contributed by atoms with Crippen LogP contribution in [0.1, 0.15) is 53.4 Å². The summed E-state index contributed by atoms with van der Waals surface area (Å²) >= 11 is 0. The van der Waals surface area contributed by atoms with Crippen LogP contribution in [-0.2, 0) is 23.9 Å². The number of fused-ring (bicyclic) bond motifs is 1. The Bertz CT molecular complexity index is 527. The van der Waals surface area contributed by atoms with E-state index in [9.17, 15) is 14.4 Å². The van der Waals surface area contributed by atoms with E-state index in [-0.39, 0.29) is 25.4 Å². The first kappa shape index (κ1) is 16.7. The van der Waals surface area contributed by atoms with Crippen LogP contribution in [0.4, 0.5) is 0 Å². The Kier molecular flexibility index (Phi) is 4.45. The summed E-state index contributed by atoms with van der Waals surface area (Å²) in [4.78, 5) is 37.1. The first-order chi connectivity index (χ1) is 10.3. The zero-order valence-corrected chi connectivity index (χ0v) is 13.8. The predicted octanol–water partition coefficient (Wildman–Crippen LogP) is 2.58. The van der Waals surface area contributed by atoms with Gasteiger partial charge in [-0.2, -0.15) is 0 Å². The summed E-state index contributed by atoms with van der Waals surface area (Å²) in [5, 5.41) is 0. The van der Waals surface area contributed by atoms with Crippen molar-refractivity contribution >= 4 is 17.7 Å². The van der Waals surface area contributed by atoms with E-state index < -0.39 is 22.8 Å². The van der Waals surface area contributed by atoms with Gasteiger partial charge in [-0.3, -0.25) is 14.4 Å². The third kappa shape index (κ3) is 2.36. The number of rotatable bonds is 5. The number of carbonyl (C=O) groups is 3. The van der Waals surface area contributed by atoms with E-state index in [1.54, 1.807) is 13.8 Å². The summed E-state index contributed by atoms with van der Waals surface area (Å²) in [6, 6.07) is 0. The molecule has 0 amide bonds. The van der Waals surface area contributed by atoms with Crippen LogP contribution < -0.4 is 0 Å². The standard InChI is InChI=1S/C17H24O5/c1-5-11-12-8-17(14(19)21-6-2,15(20)22-7-3)10-16(12,4)9-13(11)18/h5-10H2,1-4H3. The molecule has 1 unspecified atom stereocenters. The van der Waals surface area contributed by atoms with Gasteiger partial charge in [0.15, 0.2) is 11.2 Å². The van der Waals surface area contributed by atoms with Gasteiger partial charge in [0.2, 0.25) is 0 Å². The Morgan fingerprint density at radius 3 is 2.05 bits per heavy atom. The Morgan fingerprint density at radius 2 is 1.59 bits per heavy atom. The van der Waals surface area contributed by atoms with Crippen molar-refractivity contribution in [2.75, 3.05) is 13.2 Å². The normalized spacial score (nSPS) is 26.1. The predicted molar refractivity (Wildman–Crippen MR) is 80.0 cm³/mol. The lowest BCUT2D eigenvalue weighted by Crippen LogP contribution is -2.41. The van der Waals surface area contributed by atoms with Gasteiger partial charge >= 0.3 is 11.9 Å². The van der Waals surface area contributed by atoms with Crippen LogP contribution in [0.2, 0.25) is 0 Å². The maximum absolute atomic E-state index is 12.5. The first-order valence-corrected chi connectivity index (χ1v) is 7.94. The summed E-state index contributed by atoms with van der Waals surface area (Å²) in [7, 11) is 0. The molecule has 0 aliphatic heterocycles. The maximum atomic E-state index is 12.5. The molecule has 5 nitrogen and oxygen atoms in total. The molecule has 122 valence electrons. The minimum Gasteiger partial charge on any atom is -0.465 e. The van der Waals surface area contributed by atoms with E-state index in [0.717, 1.165) is 11.1 Å². The van der Waals surface area contributed by atoms with Gasteiger partial charge in [0.25, 0.3) is 0 Å². The molecule has 1 atom stereocenters. The fourth-order valence-corrected chi connectivity index (χ4v) is 3.94. The second-order valence-electron chi connectivity index (χ2n) is 6.35. The molecule has 0 aromatic carbocycles. The number of hydrogen-bond donors (Lipinski definition) is 0. The Hall–Kier alpha value is -1.65. The molecule has 22 heavy (non-hydrogen) atoms. The third-order valence-corrected chi connectivity index (χ3v) is 4.84. The van der Waals surface area contributed by atoms with Gasteiger partial charge in [-0.1, -0.05) is 19.4 Å². The maximum Gasteiger partial charge on any atom is 0.323 e. The fraction of sp³-hybridized carbons (Fsp3) is 0.706. The molecule has 5 heteroatoms. The van der Waals surface area contributed by atoms with Crippen molar-refractivity contribution < 1.29 is 23.9 Å². The van der Waals surface area contributed by atoms with Gasteiger partial charge < -0.3 is 9.47 Å². The highest BCUT2D eigenvalue weighted by molar-refractivity contribution is 6.05. The van der Waals surface area contributed by atoms with Gasteiger partial charge in [-0.25, -0.2) is 0 Å². The summed E-state index contributed by atoms with van der Waals surface area (Å²) in [6.07, 6.45) is 1.54. The molecule has 0 bridgehead atoms. The van der Waals surface area contributed by atoms with Crippen LogP contribution in [0.15, 0.2) is 11.1 Å². The molecule has 0 spiro atoms. The van der Waals surface area contributed by atoms with Gasteiger partial charge in [0.1, 0.15) is 0 Å². The molecule has 0 saturated heterocycles. The average molecular weight is 308 g/mol. The van der Waals surface area contributed by atoms with Crippen molar-refractivity contribution in [1.82, 2.24) is 0 Å². The molecule has 2 aliphatic rings. The lowest BCUT2D eigenvalue weighted by atomic mass is 9.79. The molecular weight excluding hydrogens is 284 g/mol. The summed E-state index contributed by atoms with van der Waals surface area (Å²) < 4.78 is 10.3. The lowest BCUT2D eigenvalue weighted by Gasteiger charge is -2.26. The minimum atomic E-state index is -1.29. The van der Waals surface area contributed by atoms with Crippen molar-refractivity contribution in [2.24, 2.45) is 10.8 Å². The highest BCUT2D eigenvalue weighted by Gasteiger charge is 2.62. The smallest absolute Gasteiger partial charge is 0.323 e. The number of carbonyl (C=O) groups excluding carboxylic acids is 3. The molecule has 2 aliphatic carbocycles. The topological polar surface area (TPSA) is 69.7 Å². The van der Waals surface area contributed by atoms with Gasteiger partial charge in [-0.05, 0) is 44.1 Å². The van der Waals surface area contributed by atoms with Crippen molar-refractivity contribution in [2.45, 2.75) is 53.4 Å². The molecule has 1 saturated carbocycles. The van der Waals surface area contributed by atoms with Crippen LogP contribution in [0, 0.1) is 10.8 Å². The van der Waals surface area contributed by atoms with Crippen molar-refractivity contribution in [3.05, 3.63) is 11.1 Å². The molecule has 2 rings (SSSR count). The number of esters is 2. The molecule has 1 fully saturated rings. The van der Waals surface area contributed by atoms with Crippen molar-refractivity contribution in [3.8, 4) is 0 Å². The monoisotopic (exact) mass is 308 g/mol.